The second kappa shape index (κ2) is 8.19. The maximum atomic E-state index is 13.1. The predicted octanol–water partition coefficient (Wildman–Crippen LogP) is 4.64. The molecule has 2 aromatic carbocycles. The van der Waals surface area contributed by atoms with Crippen molar-refractivity contribution in [1.29, 1.82) is 0 Å². The van der Waals surface area contributed by atoms with Crippen molar-refractivity contribution in [2.45, 2.75) is 11.1 Å². The average molecular weight is 377 g/mol. The Balaban J connectivity index is 1.95. The Kier molecular flexibility index (Phi) is 6.24. The molecular formula is C16H12F5NO2S. The number of benzene rings is 2. The maximum absolute atomic E-state index is 13.1. The monoisotopic (exact) mass is 377 g/mol. The molecule has 0 aliphatic carbocycles. The molecule has 1 N–H and O–H groups in total. The van der Waals surface area contributed by atoms with Gasteiger partial charge in [0.1, 0.15) is 5.75 Å². The van der Waals surface area contributed by atoms with Gasteiger partial charge in [-0.1, -0.05) is 12.1 Å². The van der Waals surface area contributed by atoms with Crippen LogP contribution in [0.25, 0.3) is 0 Å². The fraction of sp³-hybridized carbons (Fsp3) is 0.188. The highest BCUT2D eigenvalue weighted by molar-refractivity contribution is 8.00. The Labute approximate surface area is 144 Å². The van der Waals surface area contributed by atoms with Crippen LogP contribution in [0.15, 0.2) is 47.4 Å². The van der Waals surface area contributed by atoms with E-state index in [9.17, 15) is 26.7 Å². The molecule has 0 spiro atoms. The Bertz CT molecular complexity index is 752. The summed E-state index contributed by atoms with van der Waals surface area (Å²) in [4.78, 5) is 12.3. The number of anilines is 1. The maximum Gasteiger partial charge on any atom is 0.422 e. The van der Waals surface area contributed by atoms with Crippen molar-refractivity contribution in [3.63, 3.8) is 0 Å². The van der Waals surface area contributed by atoms with E-state index in [0.717, 1.165) is 23.9 Å². The van der Waals surface area contributed by atoms with E-state index in [4.69, 9.17) is 0 Å². The lowest BCUT2D eigenvalue weighted by Crippen LogP contribution is -2.20. The summed E-state index contributed by atoms with van der Waals surface area (Å²) in [6.07, 6.45) is -4.50. The first-order valence-electron chi connectivity index (χ1n) is 6.91. The van der Waals surface area contributed by atoms with Gasteiger partial charge in [-0.05, 0) is 30.3 Å². The summed E-state index contributed by atoms with van der Waals surface area (Å²) in [5.74, 6) is -2.82. The van der Waals surface area contributed by atoms with Crippen LogP contribution in [0.2, 0.25) is 0 Å². The summed E-state index contributed by atoms with van der Waals surface area (Å²) in [5.41, 5.74) is 0.0858. The van der Waals surface area contributed by atoms with Gasteiger partial charge in [0.25, 0.3) is 0 Å². The number of rotatable bonds is 6. The molecule has 0 aliphatic rings. The predicted molar refractivity (Wildman–Crippen MR) is 83.7 cm³/mol. The first-order valence-corrected chi connectivity index (χ1v) is 7.89. The lowest BCUT2D eigenvalue weighted by Gasteiger charge is -2.13. The summed E-state index contributed by atoms with van der Waals surface area (Å²) >= 11 is 0.955. The molecule has 0 bridgehead atoms. The molecule has 0 heterocycles. The lowest BCUT2D eigenvalue weighted by atomic mass is 10.3. The second-order valence-corrected chi connectivity index (χ2v) is 5.86. The smallest absolute Gasteiger partial charge is 0.422 e. The number of thioether (sulfide) groups is 1. The molecule has 0 saturated carbocycles. The van der Waals surface area contributed by atoms with E-state index in [0.29, 0.717) is 4.90 Å². The Morgan fingerprint density at radius 2 is 1.80 bits per heavy atom. The van der Waals surface area contributed by atoms with Crippen LogP contribution in [0.4, 0.5) is 27.6 Å². The highest BCUT2D eigenvalue weighted by Crippen LogP contribution is 2.27. The number of nitrogens with one attached hydrogen (secondary N) is 1. The van der Waals surface area contributed by atoms with Crippen molar-refractivity contribution >= 4 is 23.4 Å². The summed E-state index contributed by atoms with van der Waals surface area (Å²) in [5, 5.41) is 2.42. The number of carbonyl (C=O) groups is 1. The van der Waals surface area contributed by atoms with Gasteiger partial charge in [-0.15, -0.1) is 11.8 Å². The van der Waals surface area contributed by atoms with Crippen molar-refractivity contribution in [3.05, 3.63) is 54.1 Å². The minimum atomic E-state index is -4.50. The SMILES string of the molecule is O=C(CSc1ccc(F)c(F)c1)Nc1ccccc1OCC(F)(F)F. The third kappa shape index (κ3) is 6.26. The Hall–Kier alpha value is -2.29. The van der Waals surface area contributed by atoms with Gasteiger partial charge in [0.15, 0.2) is 18.2 Å². The standard InChI is InChI=1S/C16H12F5NO2S/c17-11-6-5-10(7-12(11)18)25-8-15(23)22-13-3-1-2-4-14(13)24-9-16(19,20)21/h1-7H,8-9H2,(H,22,23). The van der Waals surface area contributed by atoms with Crippen molar-refractivity contribution in [3.8, 4) is 5.75 Å². The zero-order chi connectivity index (χ0) is 18.4. The van der Waals surface area contributed by atoms with Gasteiger partial charge >= 0.3 is 6.18 Å². The molecule has 0 fully saturated rings. The molecule has 3 nitrogen and oxygen atoms in total. The number of hydrogen-bond donors (Lipinski definition) is 1. The van der Waals surface area contributed by atoms with Crippen LogP contribution in [-0.2, 0) is 4.79 Å². The largest absolute Gasteiger partial charge is 0.482 e. The first-order chi connectivity index (χ1) is 11.7. The van der Waals surface area contributed by atoms with Crippen LogP contribution in [0.1, 0.15) is 0 Å². The van der Waals surface area contributed by atoms with Gasteiger partial charge in [-0.3, -0.25) is 4.79 Å². The van der Waals surface area contributed by atoms with Crippen LogP contribution >= 0.6 is 11.8 Å². The normalized spacial score (nSPS) is 11.2. The van der Waals surface area contributed by atoms with Gasteiger partial charge in [-0.25, -0.2) is 8.78 Å². The Morgan fingerprint density at radius 3 is 2.48 bits per heavy atom. The summed E-state index contributed by atoms with van der Waals surface area (Å²) < 4.78 is 67.3. The second-order valence-electron chi connectivity index (χ2n) is 4.81. The van der Waals surface area contributed by atoms with E-state index in [1.165, 1.54) is 30.3 Å². The van der Waals surface area contributed by atoms with Crippen LogP contribution < -0.4 is 10.1 Å². The third-order valence-corrected chi connectivity index (χ3v) is 3.81. The molecule has 0 aliphatic heterocycles. The van der Waals surface area contributed by atoms with Crippen molar-refractivity contribution in [2.75, 3.05) is 17.7 Å². The molecule has 2 rings (SSSR count). The lowest BCUT2D eigenvalue weighted by molar-refractivity contribution is -0.153. The molecule has 0 saturated heterocycles. The van der Waals surface area contributed by atoms with Crippen LogP contribution in [0.3, 0.4) is 0 Å². The zero-order valence-corrected chi connectivity index (χ0v) is 13.4. The van der Waals surface area contributed by atoms with Crippen LogP contribution in [0, 0.1) is 11.6 Å². The molecule has 134 valence electrons. The van der Waals surface area contributed by atoms with Gasteiger partial charge in [-0.2, -0.15) is 13.2 Å². The van der Waals surface area contributed by atoms with Crippen molar-refractivity contribution < 1.29 is 31.5 Å². The van der Waals surface area contributed by atoms with Gasteiger partial charge in [0.05, 0.1) is 11.4 Å². The molecule has 0 atom stereocenters. The molecule has 0 radical (unpaired) electrons. The first kappa shape index (κ1) is 19.0. The number of alkyl halides is 3. The van der Waals surface area contributed by atoms with E-state index < -0.39 is 30.3 Å². The molecular weight excluding hydrogens is 365 g/mol. The van der Waals surface area contributed by atoms with Gasteiger partial charge in [0, 0.05) is 4.90 Å². The highest BCUT2D eigenvalue weighted by Gasteiger charge is 2.28. The topological polar surface area (TPSA) is 38.3 Å². The molecule has 0 aromatic heterocycles. The van der Waals surface area contributed by atoms with Crippen molar-refractivity contribution in [2.24, 2.45) is 0 Å². The van der Waals surface area contributed by atoms with Gasteiger partial charge in [0.2, 0.25) is 5.91 Å². The van der Waals surface area contributed by atoms with E-state index in [1.807, 2.05) is 0 Å². The minimum absolute atomic E-state index is 0.0858. The van der Waals surface area contributed by atoms with Crippen LogP contribution in [0.5, 0.6) is 5.75 Å². The minimum Gasteiger partial charge on any atom is -0.482 e. The molecule has 2 aromatic rings. The van der Waals surface area contributed by atoms with E-state index in [1.54, 1.807) is 0 Å². The molecule has 9 heteroatoms. The number of para-hydroxylation sites is 2. The fourth-order valence-corrected chi connectivity index (χ4v) is 2.48. The molecule has 0 unspecified atom stereocenters. The van der Waals surface area contributed by atoms with E-state index in [-0.39, 0.29) is 17.2 Å². The summed E-state index contributed by atoms with van der Waals surface area (Å²) in [7, 11) is 0. The number of carbonyl (C=O) groups excluding carboxylic acids is 1. The average Bonchev–Trinajstić information content (AvgIpc) is 2.54. The number of amides is 1. The number of halogens is 5. The molecule has 1 amide bonds. The number of hydrogen-bond acceptors (Lipinski definition) is 3. The Morgan fingerprint density at radius 1 is 1.08 bits per heavy atom. The fourth-order valence-electron chi connectivity index (χ4n) is 1.76. The highest BCUT2D eigenvalue weighted by atomic mass is 32.2. The summed E-state index contributed by atoms with van der Waals surface area (Å²) in [6, 6.07) is 8.89. The van der Waals surface area contributed by atoms with E-state index >= 15 is 0 Å². The third-order valence-electron chi connectivity index (χ3n) is 2.81. The van der Waals surface area contributed by atoms with Crippen molar-refractivity contribution in [1.82, 2.24) is 0 Å². The molecule has 25 heavy (non-hydrogen) atoms. The van der Waals surface area contributed by atoms with Gasteiger partial charge < -0.3 is 10.1 Å². The van der Waals surface area contributed by atoms with E-state index in [2.05, 4.69) is 10.1 Å². The zero-order valence-electron chi connectivity index (χ0n) is 12.6. The van der Waals surface area contributed by atoms with Crippen LogP contribution in [-0.4, -0.2) is 24.4 Å². The summed E-state index contributed by atoms with van der Waals surface area (Å²) in [6.45, 7) is -1.48. The quantitative estimate of drug-likeness (QED) is 0.589. The number of ether oxygens (including phenoxy) is 1.